The SMILES string of the molecule is COc1ccc(C(Nc2ccc(C)cc2)(c2ccccc2)c2ccc(OC)cc2)cc1. The number of anilines is 1. The Morgan fingerprint density at radius 1 is 0.548 bits per heavy atom. The van der Waals surface area contributed by atoms with Crippen LogP contribution in [0.25, 0.3) is 0 Å². The summed E-state index contributed by atoms with van der Waals surface area (Å²) in [5.74, 6) is 1.66. The summed E-state index contributed by atoms with van der Waals surface area (Å²) in [7, 11) is 3.38. The van der Waals surface area contributed by atoms with E-state index in [1.165, 1.54) is 5.56 Å². The third-order valence-electron chi connectivity index (χ3n) is 5.64. The number of hydrogen-bond donors (Lipinski definition) is 1. The number of nitrogens with one attached hydrogen (secondary N) is 1. The second-order valence-corrected chi connectivity index (χ2v) is 7.56. The van der Waals surface area contributed by atoms with Gasteiger partial charge in [0.2, 0.25) is 0 Å². The highest BCUT2D eigenvalue weighted by atomic mass is 16.5. The molecule has 0 saturated heterocycles. The summed E-state index contributed by atoms with van der Waals surface area (Å²) >= 11 is 0. The van der Waals surface area contributed by atoms with Gasteiger partial charge in [-0.1, -0.05) is 72.3 Å². The molecule has 4 aromatic carbocycles. The molecule has 4 rings (SSSR count). The zero-order valence-corrected chi connectivity index (χ0v) is 18.1. The fraction of sp³-hybridized carbons (Fsp3) is 0.143. The molecule has 3 nitrogen and oxygen atoms in total. The van der Waals surface area contributed by atoms with E-state index in [1.54, 1.807) is 14.2 Å². The Kier molecular flexibility index (Phi) is 5.94. The average molecular weight is 410 g/mol. The van der Waals surface area contributed by atoms with Gasteiger partial charge in [0, 0.05) is 5.69 Å². The molecule has 0 fully saturated rings. The number of methoxy groups -OCH3 is 2. The van der Waals surface area contributed by atoms with Gasteiger partial charge in [-0.15, -0.1) is 0 Å². The van der Waals surface area contributed by atoms with Gasteiger partial charge in [-0.2, -0.15) is 0 Å². The first-order chi connectivity index (χ1) is 15.2. The molecule has 3 heteroatoms. The maximum absolute atomic E-state index is 5.42. The van der Waals surface area contributed by atoms with E-state index in [9.17, 15) is 0 Å². The van der Waals surface area contributed by atoms with Crippen molar-refractivity contribution in [2.75, 3.05) is 19.5 Å². The van der Waals surface area contributed by atoms with Crippen molar-refractivity contribution in [2.24, 2.45) is 0 Å². The van der Waals surface area contributed by atoms with Gasteiger partial charge in [-0.3, -0.25) is 0 Å². The van der Waals surface area contributed by atoms with Crippen molar-refractivity contribution in [3.05, 3.63) is 125 Å². The zero-order valence-electron chi connectivity index (χ0n) is 18.1. The van der Waals surface area contributed by atoms with Crippen LogP contribution in [0.2, 0.25) is 0 Å². The second kappa shape index (κ2) is 8.97. The van der Waals surface area contributed by atoms with Gasteiger partial charge < -0.3 is 14.8 Å². The van der Waals surface area contributed by atoms with Crippen LogP contribution in [-0.2, 0) is 5.54 Å². The zero-order chi connectivity index (χ0) is 21.7. The van der Waals surface area contributed by atoms with Crippen LogP contribution in [0.3, 0.4) is 0 Å². The summed E-state index contributed by atoms with van der Waals surface area (Å²) in [6.45, 7) is 2.10. The van der Waals surface area contributed by atoms with Crippen molar-refractivity contribution < 1.29 is 9.47 Å². The molecule has 156 valence electrons. The Morgan fingerprint density at radius 3 is 1.45 bits per heavy atom. The first-order valence-electron chi connectivity index (χ1n) is 10.3. The van der Waals surface area contributed by atoms with E-state index in [4.69, 9.17) is 9.47 Å². The third kappa shape index (κ3) is 4.13. The summed E-state index contributed by atoms with van der Waals surface area (Å²) in [5, 5.41) is 3.86. The van der Waals surface area contributed by atoms with Crippen LogP contribution in [-0.4, -0.2) is 14.2 Å². The Balaban J connectivity index is 1.97. The standard InChI is InChI=1S/C28H27NO2/c1-21-9-15-25(16-10-21)29-28(22-7-5-4-6-8-22,23-11-17-26(30-2)18-12-23)24-13-19-27(31-3)20-14-24/h4-20,29H,1-3H3. The van der Waals surface area contributed by atoms with Crippen molar-refractivity contribution in [3.63, 3.8) is 0 Å². The fourth-order valence-corrected chi connectivity index (χ4v) is 3.94. The minimum absolute atomic E-state index is 0.602. The number of rotatable bonds is 7. The molecule has 0 unspecified atom stereocenters. The van der Waals surface area contributed by atoms with Gasteiger partial charge in [0.05, 0.1) is 14.2 Å². The van der Waals surface area contributed by atoms with Crippen LogP contribution in [0.1, 0.15) is 22.3 Å². The number of aryl methyl sites for hydroxylation is 1. The quantitative estimate of drug-likeness (QED) is 0.358. The van der Waals surface area contributed by atoms with Crippen molar-refractivity contribution in [1.82, 2.24) is 0 Å². The third-order valence-corrected chi connectivity index (χ3v) is 5.64. The molecule has 31 heavy (non-hydrogen) atoms. The average Bonchev–Trinajstić information content (AvgIpc) is 2.84. The van der Waals surface area contributed by atoms with Gasteiger partial charge >= 0.3 is 0 Å². The predicted octanol–water partition coefficient (Wildman–Crippen LogP) is 6.42. The van der Waals surface area contributed by atoms with Crippen LogP contribution in [0.5, 0.6) is 11.5 Å². The molecule has 0 aliphatic rings. The maximum atomic E-state index is 5.42. The van der Waals surface area contributed by atoms with Crippen molar-refractivity contribution in [3.8, 4) is 11.5 Å². The highest BCUT2D eigenvalue weighted by Gasteiger charge is 2.36. The minimum Gasteiger partial charge on any atom is -0.497 e. The van der Waals surface area contributed by atoms with Crippen molar-refractivity contribution >= 4 is 5.69 Å². The second-order valence-electron chi connectivity index (χ2n) is 7.56. The number of ether oxygens (including phenoxy) is 2. The minimum atomic E-state index is -0.602. The molecule has 0 aliphatic carbocycles. The molecule has 0 spiro atoms. The van der Waals surface area contributed by atoms with Crippen LogP contribution >= 0.6 is 0 Å². The summed E-state index contributed by atoms with van der Waals surface area (Å²) in [5.41, 5.74) is 5.04. The number of hydrogen-bond acceptors (Lipinski definition) is 3. The molecular formula is C28H27NO2. The van der Waals surface area contributed by atoms with Gasteiger partial charge in [0.25, 0.3) is 0 Å². The van der Waals surface area contributed by atoms with E-state index in [-0.39, 0.29) is 0 Å². The summed E-state index contributed by atoms with van der Waals surface area (Å²) in [6, 6.07) is 35.5. The van der Waals surface area contributed by atoms with Crippen LogP contribution in [0, 0.1) is 6.92 Å². The highest BCUT2D eigenvalue weighted by Crippen LogP contribution is 2.41. The summed E-state index contributed by atoms with van der Waals surface area (Å²) in [6.07, 6.45) is 0. The van der Waals surface area contributed by atoms with Crippen LogP contribution in [0.4, 0.5) is 5.69 Å². The van der Waals surface area contributed by atoms with E-state index >= 15 is 0 Å². The lowest BCUT2D eigenvalue weighted by Gasteiger charge is -2.38. The van der Waals surface area contributed by atoms with Gasteiger partial charge in [-0.05, 0) is 60.0 Å². The van der Waals surface area contributed by atoms with Crippen LogP contribution < -0.4 is 14.8 Å². The molecule has 0 radical (unpaired) electrons. The monoisotopic (exact) mass is 409 g/mol. The molecule has 0 aliphatic heterocycles. The highest BCUT2D eigenvalue weighted by molar-refractivity contribution is 5.61. The lowest BCUT2D eigenvalue weighted by atomic mass is 9.76. The largest absolute Gasteiger partial charge is 0.497 e. The van der Waals surface area contributed by atoms with Crippen LogP contribution in [0.15, 0.2) is 103 Å². The molecule has 4 aromatic rings. The molecule has 0 saturated carbocycles. The smallest absolute Gasteiger partial charge is 0.118 e. The Hall–Kier alpha value is -3.72. The van der Waals surface area contributed by atoms with Gasteiger partial charge in [0.1, 0.15) is 17.0 Å². The van der Waals surface area contributed by atoms with E-state index < -0.39 is 5.54 Å². The van der Waals surface area contributed by atoms with Gasteiger partial charge in [0.15, 0.2) is 0 Å². The molecular weight excluding hydrogens is 382 g/mol. The Labute approximate surface area is 184 Å². The lowest BCUT2D eigenvalue weighted by molar-refractivity contribution is 0.414. The molecule has 0 atom stereocenters. The summed E-state index contributed by atoms with van der Waals surface area (Å²) < 4.78 is 10.8. The maximum Gasteiger partial charge on any atom is 0.118 e. The topological polar surface area (TPSA) is 30.5 Å². The molecule has 0 aromatic heterocycles. The van der Waals surface area contributed by atoms with E-state index in [0.29, 0.717) is 0 Å². The molecule has 0 amide bonds. The van der Waals surface area contributed by atoms with Crippen molar-refractivity contribution in [2.45, 2.75) is 12.5 Å². The van der Waals surface area contributed by atoms with E-state index in [1.807, 2.05) is 30.3 Å². The normalized spacial score (nSPS) is 11.1. The van der Waals surface area contributed by atoms with Gasteiger partial charge in [-0.25, -0.2) is 0 Å². The first kappa shape index (κ1) is 20.5. The summed E-state index contributed by atoms with van der Waals surface area (Å²) in [4.78, 5) is 0. The number of benzene rings is 4. The first-order valence-corrected chi connectivity index (χ1v) is 10.3. The molecule has 0 bridgehead atoms. The predicted molar refractivity (Wildman–Crippen MR) is 127 cm³/mol. The van der Waals surface area contributed by atoms with Crippen molar-refractivity contribution in [1.29, 1.82) is 0 Å². The molecule has 1 N–H and O–H groups in total. The Bertz CT molecular complexity index is 1060. The fourth-order valence-electron chi connectivity index (χ4n) is 3.94. The van der Waals surface area contributed by atoms with E-state index in [0.717, 1.165) is 33.9 Å². The van der Waals surface area contributed by atoms with E-state index in [2.05, 4.69) is 85.0 Å². The lowest BCUT2D eigenvalue weighted by Crippen LogP contribution is -2.38. The Morgan fingerprint density at radius 2 is 1.00 bits per heavy atom. The molecule has 0 heterocycles.